The number of fused-ring (bicyclic) bond motifs is 1. The first kappa shape index (κ1) is 15.4. The smallest absolute Gasteiger partial charge is 0.221 e. The molecule has 7 nitrogen and oxygen atoms in total. The Balaban J connectivity index is 2.51. The van der Waals surface area contributed by atoms with E-state index in [4.69, 9.17) is 5.73 Å². The van der Waals surface area contributed by atoms with E-state index in [0.717, 1.165) is 0 Å². The topological polar surface area (TPSA) is 114 Å². The predicted molar refractivity (Wildman–Crippen MR) is 83.9 cm³/mol. The van der Waals surface area contributed by atoms with Crippen molar-refractivity contribution in [2.45, 2.75) is 18.2 Å². The largest absolute Gasteiger partial charge is 0.375 e. The van der Waals surface area contributed by atoms with Crippen LogP contribution >= 0.6 is 12.2 Å². The summed E-state index contributed by atoms with van der Waals surface area (Å²) in [5, 5.41) is 6.64. The molecule has 112 valence electrons. The average molecular weight is 326 g/mol. The highest BCUT2D eigenvalue weighted by Crippen LogP contribution is 2.28. The number of sulfone groups is 1. The number of hydrazone groups is 1. The van der Waals surface area contributed by atoms with Gasteiger partial charge in [-0.1, -0.05) is 0 Å². The van der Waals surface area contributed by atoms with Crippen LogP contribution in [-0.2, 0) is 14.6 Å². The molecule has 1 aromatic rings. The van der Waals surface area contributed by atoms with Crippen molar-refractivity contribution in [3.05, 3.63) is 23.8 Å². The fourth-order valence-corrected chi connectivity index (χ4v) is 3.54. The van der Waals surface area contributed by atoms with Crippen LogP contribution in [0.25, 0.3) is 0 Å². The number of benzene rings is 1. The van der Waals surface area contributed by atoms with Crippen LogP contribution in [0.1, 0.15) is 18.9 Å². The maximum Gasteiger partial charge on any atom is 0.221 e. The Morgan fingerprint density at radius 3 is 2.76 bits per heavy atom. The summed E-state index contributed by atoms with van der Waals surface area (Å²) in [4.78, 5) is 11.3. The number of hydrogen-bond donors (Lipinski definition) is 3. The van der Waals surface area contributed by atoms with Crippen molar-refractivity contribution in [1.29, 1.82) is 0 Å². The predicted octanol–water partition coefficient (Wildman–Crippen LogP) is 0.360. The third-order valence-electron chi connectivity index (χ3n) is 2.85. The van der Waals surface area contributed by atoms with Crippen LogP contribution < -0.4 is 16.5 Å². The number of carbonyl (C=O) groups excluding carboxylic acids is 1. The minimum Gasteiger partial charge on any atom is -0.375 e. The number of carbonyl (C=O) groups is 1. The molecule has 21 heavy (non-hydrogen) atoms. The molecular weight excluding hydrogens is 312 g/mol. The van der Waals surface area contributed by atoms with Crippen molar-refractivity contribution < 1.29 is 13.2 Å². The fourth-order valence-electron chi connectivity index (χ4n) is 2.02. The summed E-state index contributed by atoms with van der Waals surface area (Å²) in [7, 11) is -3.34. The quantitative estimate of drug-likeness (QED) is 0.534. The fraction of sp³-hybridized carbons (Fsp3) is 0.250. The molecule has 0 saturated carbocycles. The van der Waals surface area contributed by atoms with Crippen LogP contribution in [0.3, 0.4) is 0 Å². The zero-order valence-electron chi connectivity index (χ0n) is 11.2. The van der Waals surface area contributed by atoms with E-state index in [-0.39, 0.29) is 28.1 Å². The van der Waals surface area contributed by atoms with Crippen molar-refractivity contribution in [1.82, 2.24) is 5.43 Å². The molecule has 0 unspecified atom stereocenters. The molecule has 0 radical (unpaired) electrons. The Hall–Kier alpha value is -2.00. The summed E-state index contributed by atoms with van der Waals surface area (Å²) < 4.78 is 24.2. The van der Waals surface area contributed by atoms with Crippen LogP contribution in [0.4, 0.5) is 5.69 Å². The van der Waals surface area contributed by atoms with Gasteiger partial charge in [0, 0.05) is 24.6 Å². The maximum absolute atomic E-state index is 12.1. The van der Waals surface area contributed by atoms with Crippen LogP contribution in [0.2, 0.25) is 0 Å². The Morgan fingerprint density at radius 2 is 2.14 bits per heavy atom. The monoisotopic (exact) mass is 326 g/mol. The molecule has 0 bridgehead atoms. The van der Waals surface area contributed by atoms with E-state index >= 15 is 0 Å². The van der Waals surface area contributed by atoms with Crippen molar-refractivity contribution in [3.63, 3.8) is 0 Å². The van der Waals surface area contributed by atoms with Gasteiger partial charge in [0.15, 0.2) is 14.9 Å². The molecule has 1 amide bonds. The standard InChI is InChI=1S/C12H14N4O3S2/c1-7(17)14-8-2-3-11-9(6-8)10(15-16-12(13)20)4-5-21(11,18)19/h2-3,6H,4-5H2,1H3,(H,14,17)(H3,13,16,20)/b15-10+. The number of amides is 1. The van der Waals surface area contributed by atoms with Crippen molar-refractivity contribution in [2.24, 2.45) is 10.8 Å². The van der Waals surface area contributed by atoms with E-state index in [1.165, 1.54) is 13.0 Å². The van der Waals surface area contributed by atoms with E-state index in [1.807, 2.05) is 0 Å². The number of nitrogens with one attached hydrogen (secondary N) is 2. The number of nitrogens with two attached hydrogens (primary N) is 1. The number of anilines is 1. The second-order valence-corrected chi connectivity index (χ2v) is 7.01. The molecule has 0 saturated heterocycles. The molecule has 2 rings (SSSR count). The summed E-state index contributed by atoms with van der Waals surface area (Å²) >= 11 is 4.67. The third kappa shape index (κ3) is 3.56. The first-order chi connectivity index (χ1) is 9.79. The average Bonchev–Trinajstić information content (AvgIpc) is 2.36. The highest BCUT2D eigenvalue weighted by atomic mass is 32.2. The summed E-state index contributed by atoms with van der Waals surface area (Å²) in [5.41, 5.74) is 9.25. The van der Waals surface area contributed by atoms with Gasteiger partial charge in [0.1, 0.15) is 0 Å². The molecule has 9 heteroatoms. The molecule has 1 aliphatic rings. The third-order valence-corrected chi connectivity index (χ3v) is 4.71. The van der Waals surface area contributed by atoms with Crippen molar-refractivity contribution in [3.8, 4) is 0 Å². The van der Waals surface area contributed by atoms with Gasteiger partial charge in [-0.15, -0.1) is 0 Å². The van der Waals surface area contributed by atoms with Gasteiger partial charge in [-0.05, 0) is 30.4 Å². The normalized spacial score (nSPS) is 17.9. The second-order valence-electron chi connectivity index (χ2n) is 4.50. The Kier molecular flexibility index (Phi) is 4.24. The van der Waals surface area contributed by atoms with Gasteiger partial charge in [-0.3, -0.25) is 10.2 Å². The molecule has 0 aliphatic carbocycles. The van der Waals surface area contributed by atoms with Crippen molar-refractivity contribution in [2.75, 3.05) is 11.1 Å². The van der Waals surface area contributed by atoms with Crippen LogP contribution in [0.15, 0.2) is 28.2 Å². The van der Waals surface area contributed by atoms with Gasteiger partial charge >= 0.3 is 0 Å². The van der Waals surface area contributed by atoms with E-state index < -0.39 is 9.84 Å². The number of hydrogen-bond acceptors (Lipinski definition) is 5. The Morgan fingerprint density at radius 1 is 1.43 bits per heavy atom. The number of rotatable bonds is 2. The molecule has 0 spiro atoms. The highest BCUT2D eigenvalue weighted by molar-refractivity contribution is 7.91. The van der Waals surface area contributed by atoms with Crippen LogP contribution in [-0.4, -0.2) is 30.9 Å². The van der Waals surface area contributed by atoms with Crippen LogP contribution in [0, 0.1) is 0 Å². The second kappa shape index (κ2) is 5.78. The first-order valence-corrected chi connectivity index (χ1v) is 8.12. The Labute approximate surface area is 127 Å². The lowest BCUT2D eigenvalue weighted by Gasteiger charge is -2.19. The molecule has 1 aromatic carbocycles. The molecule has 0 fully saturated rings. The lowest BCUT2D eigenvalue weighted by Crippen LogP contribution is -2.28. The molecule has 1 aliphatic heterocycles. The SMILES string of the molecule is CC(=O)Nc1ccc2c(c1)/C(=N/NC(N)=S)CCS2(=O)=O. The summed E-state index contributed by atoms with van der Waals surface area (Å²) in [6, 6.07) is 4.58. The van der Waals surface area contributed by atoms with Gasteiger partial charge in [0.05, 0.1) is 16.4 Å². The van der Waals surface area contributed by atoms with E-state index in [2.05, 4.69) is 28.1 Å². The van der Waals surface area contributed by atoms with E-state index in [0.29, 0.717) is 17.0 Å². The zero-order chi connectivity index (χ0) is 15.6. The van der Waals surface area contributed by atoms with E-state index in [9.17, 15) is 13.2 Å². The van der Waals surface area contributed by atoms with Gasteiger partial charge in [-0.25, -0.2) is 8.42 Å². The first-order valence-electron chi connectivity index (χ1n) is 6.06. The summed E-state index contributed by atoms with van der Waals surface area (Å²) in [6.45, 7) is 1.37. The lowest BCUT2D eigenvalue weighted by atomic mass is 10.1. The lowest BCUT2D eigenvalue weighted by molar-refractivity contribution is -0.114. The Bertz CT molecular complexity index is 741. The zero-order valence-corrected chi connectivity index (χ0v) is 12.8. The summed E-state index contributed by atoms with van der Waals surface area (Å²) in [5.74, 6) is -0.273. The van der Waals surface area contributed by atoms with Gasteiger partial charge in [0.25, 0.3) is 0 Å². The highest BCUT2D eigenvalue weighted by Gasteiger charge is 2.28. The van der Waals surface area contributed by atoms with Crippen molar-refractivity contribution >= 4 is 44.5 Å². The van der Waals surface area contributed by atoms with Gasteiger partial charge in [0.2, 0.25) is 5.91 Å². The van der Waals surface area contributed by atoms with Crippen LogP contribution in [0.5, 0.6) is 0 Å². The number of thiocarbonyl (C=S) groups is 1. The molecule has 1 heterocycles. The van der Waals surface area contributed by atoms with Gasteiger partial charge < -0.3 is 11.1 Å². The molecular formula is C12H14N4O3S2. The van der Waals surface area contributed by atoms with Gasteiger partial charge in [-0.2, -0.15) is 5.10 Å². The number of nitrogens with zero attached hydrogens (tertiary/aromatic N) is 1. The minimum absolute atomic E-state index is 0.00417. The summed E-state index contributed by atoms with van der Waals surface area (Å²) in [6.07, 6.45) is 0.245. The molecule has 0 atom stereocenters. The molecule has 4 N–H and O–H groups in total. The van der Waals surface area contributed by atoms with E-state index in [1.54, 1.807) is 12.1 Å². The minimum atomic E-state index is -3.34. The maximum atomic E-state index is 12.1. The molecule has 0 aromatic heterocycles.